The van der Waals surface area contributed by atoms with Crippen molar-refractivity contribution in [2.24, 2.45) is 10.7 Å². The maximum atomic E-state index is 6.12. The molecule has 98 valence electrons. The standard InChI is InChI=1S/C13H25N3O/c1-13(2)10-16(8-9-17-13)12(14)15-11-6-4-3-5-7-11/h11H,3-10H2,1-2H3,(H2,14,15). The lowest BCUT2D eigenvalue weighted by Gasteiger charge is -2.39. The van der Waals surface area contributed by atoms with Crippen LogP contribution in [0.5, 0.6) is 0 Å². The van der Waals surface area contributed by atoms with E-state index in [0.717, 1.165) is 19.7 Å². The van der Waals surface area contributed by atoms with E-state index in [0.29, 0.717) is 12.0 Å². The molecule has 1 heterocycles. The van der Waals surface area contributed by atoms with E-state index < -0.39 is 0 Å². The SMILES string of the molecule is CC1(C)CN(C(N)=NC2CCCCC2)CCO1. The summed E-state index contributed by atoms with van der Waals surface area (Å²) in [5, 5.41) is 0. The maximum absolute atomic E-state index is 6.12. The fourth-order valence-corrected chi connectivity index (χ4v) is 2.69. The Hall–Kier alpha value is -0.770. The lowest BCUT2D eigenvalue weighted by Crippen LogP contribution is -2.53. The zero-order valence-electron chi connectivity index (χ0n) is 11.1. The molecule has 0 spiro atoms. The van der Waals surface area contributed by atoms with Gasteiger partial charge in [0.15, 0.2) is 5.96 Å². The molecule has 1 saturated heterocycles. The van der Waals surface area contributed by atoms with Crippen LogP contribution in [0.25, 0.3) is 0 Å². The van der Waals surface area contributed by atoms with Crippen LogP contribution in [-0.2, 0) is 4.74 Å². The van der Waals surface area contributed by atoms with Crippen molar-refractivity contribution < 1.29 is 4.74 Å². The Labute approximate surface area is 104 Å². The summed E-state index contributed by atoms with van der Waals surface area (Å²) in [7, 11) is 0. The number of ether oxygens (including phenoxy) is 1. The average Bonchev–Trinajstić information content (AvgIpc) is 2.29. The molecule has 0 radical (unpaired) electrons. The predicted molar refractivity (Wildman–Crippen MR) is 70.1 cm³/mol. The van der Waals surface area contributed by atoms with Gasteiger partial charge in [0.25, 0.3) is 0 Å². The minimum Gasteiger partial charge on any atom is -0.372 e. The van der Waals surface area contributed by atoms with Gasteiger partial charge in [-0.1, -0.05) is 19.3 Å². The highest BCUT2D eigenvalue weighted by Gasteiger charge is 2.28. The lowest BCUT2D eigenvalue weighted by molar-refractivity contribution is -0.0681. The summed E-state index contributed by atoms with van der Waals surface area (Å²) >= 11 is 0. The smallest absolute Gasteiger partial charge is 0.191 e. The van der Waals surface area contributed by atoms with Crippen molar-refractivity contribution in [2.75, 3.05) is 19.7 Å². The Morgan fingerprint density at radius 3 is 2.65 bits per heavy atom. The van der Waals surface area contributed by atoms with Crippen LogP contribution in [0.4, 0.5) is 0 Å². The molecule has 2 N–H and O–H groups in total. The molecule has 4 heteroatoms. The number of morpholine rings is 1. The molecule has 0 aromatic heterocycles. The number of hydrogen-bond acceptors (Lipinski definition) is 2. The number of nitrogens with zero attached hydrogens (tertiary/aromatic N) is 2. The summed E-state index contributed by atoms with van der Waals surface area (Å²) in [6.45, 7) is 6.66. The van der Waals surface area contributed by atoms with Gasteiger partial charge in [0.05, 0.1) is 18.2 Å². The van der Waals surface area contributed by atoms with E-state index in [2.05, 4.69) is 18.7 Å². The molecule has 1 aliphatic carbocycles. The molecule has 2 aliphatic rings. The summed E-state index contributed by atoms with van der Waals surface area (Å²) in [5.41, 5.74) is 6.01. The zero-order valence-corrected chi connectivity index (χ0v) is 11.1. The first-order valence-corrected chi connectivity index (χ1v) is 6.79. The fraction of sp³-hybridized carbons (Fsp3) is 0.923. The summed E-state index contributed by atoms with van der Waals surface area (Å²) in [4.78, 5) is 6.85. The molecule has 0 amide bonds. The number of guanidine groups is 1. The first-order valence-electron chi connectivity index (χ1n) is 6.79. The molecule has 2 fully saturated rings. The molecule has 0 aromatic rings. The molecule has 2 rings (SSSR count). The summed E-state index contributed by atoms with van der Waals surface area (Å²) in [6.07, 6.45) is 6.37. The number of nitrogens with two attached hydrogens (primary N) is 1. The van der Waals surface area contributed by atoms with E-state index in [1.165, 1.54) is 32.1 Å². The third-order valence-electron chi connectivity index (χ3n) is 3.64. The van der Waals surface area contributed by atoms with Crippen molar-refractivity contribution in [2.45, 2.75) is 57.6 Å². The van der Waals surface area contributed by atoms with Gasteiger partial charge in [-0.05, 0) is 26.7 Å². The third kappa shape index (κ3) is 3.60. The predicted octanol–water partition coefficient (Wildman–Crippen LogP) is 1.74. The van der Waals surface area contributed by atoms with Gasteiger partial charge in [0, 0.05) is 13.1 Å². The average molecular weight is 239 g/mol. The van der Waals surface area contributed by atoms with Gasteiger partial charge >= 0.3 is 0 Å². The molecule has 4 nitrogen and oxygen atoms in total. The van der Waals surface area contributed by atoms with Crippen LogP contribution < -0.4 is 5.73 Å². The van der Waals surface area contributed by atoms with Gasteiger partial charge in [0.2, 0.25) is 0 Å². The second-order valence-electron chi connectivity index (χ2n) is 5.81. The first-order chi connectivity index (χ1) is 8.07. The van der Waals surface area contributed by atoms with Gasteiger partial charge in [-0.3, -0.25) is 0 Å². The van der Waals surface area contributed by atoms with Gasteiger partial charge in [-0.25, -0.2) is 4.99 Å². The van der Waals surface area contributed by atoms with Crippen molar-refractivity contribution in [3.8, 4) is 0 Å². The van der Waals surface area contributed by atoms with Gasteiger partial charge in [0.1, 0.15) is 0 Å². The number of rotatable bonds is 1. The largest absolute Gasteiger partial charge is 0.372 e. The van der Waals surface area contributed by atoms with E-state index in [-0.39, 0.29) is 5.60 Å². The third-order valence-corrected chi connectivity index (χ3v) is 3.64. The maximum Gasteiger partial charge on any atom is 0.191 e. The normalized spacial score (nSPS) is 27.2. The minimum atomic E-state index is -0.106. The molecule has 0 atom stereocenters. The molecule has 0 bridgehead atoms. The van der Waals surface area contributed by atoms with Crippen LogP contribution in [0.2, 0.25) is 0 Å². The Kier molecular flexibility index (Phi) is 3.92. The van der Waals surface area contributed by atoms with Crippen molar-refractivity contribution in [3.63, 3.8) is 0 Å². The lowest BCUT2D eigenvalue weighted by atomic mass is 9.96. The van der Waals surface area contributed by atoms with Crippen LogP contribution in [0.1, 0.15) is 46.0 Å². The van der Waals surface area contributed by atoms with Crippen LogP contribution >= 0.6 is 0 Å². The van der Waals surface area contributed by atoms with E-state index in [4.69, 9.17) is 15.5 Å². The quantitative estimate of drug-likeness (QED) is 0.560. The van der Waals surface area contributed by atoms with Gasteiger partial charge in [-0.15, -0.1) is 0 Å². The van der Waals surface area contributed by atoms with Crippen LogP contribution in [0, 0.1) is 0 Å². The molecular formula is C13H25N3O. The van der Waals surface area contributed by atoms with Crippen LogP contribution in [0.15, 0.2) is 4.99 Å². The van der Waals surface area contributed by atoms with Crippen molar-refractivity contribution in [3.05, 3.63) is 0 Å². The molecule has 0 aromatic carbocycles. The number of hydrogen-bond donors (Lipinski definition) is 1. The Bertz CT molecular complexity index is 282. The first kappa shape index (κ1) is 12.7. The highest BCUT2D eigenvalue weighted by molar-refractivity contribution is 5.78. The van der Waals surface area contributed by atoms with Crippen molar-refractivity contribution in [1.29, 1.82) is 0 Å². The van der Waals surface area contributed by atoms with E-state index in [1.807, 2.05) is 0 Å². The molecule has 1 aliphatic heterocycles. The van der Waals surface area contributed by atoms with Gasteiger partial charge in [-0.2, -0.15) is 0 Å². The number of aliphatic imine (C=N–C) groups is 1. The van der Waals surface area contributed by atoms with Crippen LogP contribution in [-0.4, -0.2) is 42.2 Å². The molecule has 0 unspecified atom stereocenters. The Balaban J connectivity index is 1.93. The molecular weight excluding hydrogens is 214 g/mol. The highest BCUT2D eigenvalue weighted by Crippen LogP contribution is 2.21. The van der Waals surface area contributed by atoms with E-state index in [9.17, 15) is 0 Å². The summed E-state index contributed by atoms with van der Waals surface area (Å²) < 4.78 is 5.68. The fourth-order valence-electron chi connectivity index (χ4n) is 2.69. The summed E-state index contributed by atoms with van der Waals surface area (Å²) in [6, 6.07) is 0.453. The van der Waals surface area contributed by atoms with Crippen molar-refractivity contribution in [1.82, 2.24) is 4.90 Å². The zero-order chi connectivity index (χ0) is 12.3. The van der Waals surface area contributed by atoms with Gasteiger partial charge < -0.3 is 15.4 Å². The molecule has 17 heavy (non-hydrogen) atoms. The highest BCUT2D eigenvalue weighted by atomic mass is 16.5. The Morgan fingerprint density at radius 2 is 2.00 bits per heavy atom. The Morgan fingerprint density at radius 1 is 1.29 bits per heavy atom. The van der Waals surface area contributed by atoms with Crippen LogP contribution in [0.3, 0.4) is 0 Å². The topological polar surface area (TPSA) is 50.8 Å². The minimum absolute atomic E-state index is 0.106. The second-order valence-corrected chi connectivity index (χ2v) is 5.81. The van der Waals surface area contributed by atoms with E-state index in [1.54, 1.807) is 0 Å². The summed E-state index contributed by atoms with van der Waals surface area (Å²) in [5.74, 6) is 0.716. The van der Waals surface area contributed by atoms with Crippen molar-refractivity contribution >= 4 is 5.96 Å². The monoisotopic (exact) mass is 239 g/mol. The molecule has 1 saturated carbocycles. The van der Waals surface area contributed by atoms with E-state index >= 15 is 0 Å². The second kappa shape index (κ2) is 5.25.